The summed E-state index contributed by atoms with van der Waals surface area (Å²) in [7, 11) is -0.646. The number of rotatable bonds is 3. The van der Waals surface area contributed by atoms with E-state index in [1.807, 2.05) is 0 Å². The maximum absolute atomic E-state index is 6.29. The molecule has 0 spiro atoms. The van der Waals surface area contributed by atoms with Gasteiger partial charge in [0.05, 0.1) is 0 Å². The van der Waals surface area contributed by atoms with E-state index in [0.717, 1.165) is 44.9 Å². The van der Waals surface area contributed by atoms with Crippen LogP contribution in [-0.4, -0.2) is 21.4 Å². The summed E-state index contributed by atoms with van der Waals surface area (Å²) in [6.07, 6.45) is 23.5. The van der Waals surface area contributed by atoms with E-state index in [9.17, 15) is 0 Å². The van der Waals surface area contributed by atoms with Crippen molar-refractivity contribution in [1.82, 2.24) is 0 Å². The fraction of sp³-hybridized carbons (Fsp3) is 0.556. The lowest BCUT2D eigenvalue weighted by Crippen LogP contribution is -2.52. The molecular weight excluding hydrogens is 297 g/mol. The topological polar surface area (TPSA) is 27.7 Å². The molecule has 0 saturated carbocycles. The van der Waals surface area contributed by atoms with Crippen molar-refractivity contribution in [1.29, 1.82) is 0 Å². The van der Waals surface area contributed by atoms with Crippen molar-refractivity contribution in [3.63, 3.8) is 0 Å². The van der Waals surface area contributed by atoms with Gasteiger partial charge in [-0.3, -0.25) is 0 Å². The van der Waals surface area contributed by atoms with Gasteiger partial charge < -0.3 is 13.7 Å². The maximum Gasteiger partial charge on any atom is 0.462 e. The molecule has 4 rings (SSSR count). The van der Waals surface area contributed by atoms with Gasteiger partial charge in [-0.15, -0.1) is 0 Å². The van der Waals surface area contributed by atoms with Gasteiger partial charge in [-0.2, -0.15) is 0 Å². The number of hydrogen-bond donors (Lipinski definition) is 0. The van der Waals surface area contributed by atoms with E-state index in [2.05, 4.69) is 36.5 Å². The van der Waals surface area contributed by atoms with E-state index in [1.54, 1.807) is 0 Å². The van der Waals surface area contributed by atoms with Crippen LogP contribution in [-0.2, 0) is 13.7 Å². The van der Waals surface area contributed by atoms with E-state index < -0.39 is 0 Å². The first kappa shape index (κ1) is 16.5. The summed E-state index contributed by atoms with van der Waals surface area (Å²) in [6, 6.07) is 0. The summed E-state index contributed by atoms with van der Waals surface area (Å²) < 4.78 is 18.8. The third-order valence-corrected chi connectivity index (χ3v) is 5.43. The summed E-state index contributed by atoms with van der Waals surface area (Å²) in [5.41, 5.74) is 2.57. The van der Waals surface area contributed by atoms with Gasteiger partial charge in [0.1, 0.15) is 0 Å². The molecule has 1 saturated heterocycles. The number of allylic oxidation sites excluding steroid dienone is 8. The van der Waals surface area contributed by atoms with E-state index in [-0.39, 0.29) is 21.4 Å². The Morgan fingerprint density at radius 2 is 1.75 bits per heavy atom. The summed E-state index contributed by atoms with van der Waals surface area (Å²) in [5, 5.41) is 0. The lowest BCUT2D eigenvalue weighted by atomic mass is 9.55. The summed E-state index contributed by atoms with van der Waals surface area (Å²) in [5.74, 6) is 0.438. The molecule has 4 aliphatic rings. The molecule has 1 aliphatic heterocycles. The minimum atomic E-state index is -0.257. The molecule has 0 N–H and O–H groups in total. The molecule has 0 aromatic heterocycles. The molecule has 3 nitrogen and oxygen atoms in total. The van der Waals surface area contributed by atoms with Crippen molar-refractivity contribution in [2.45, 2.75) is 63.6 Å². The first-order valence-electron chi connectivity index (χ1n) is 9.54. The van der Waals surface area contributed by atoms with Gasteiger partial charge >= 0.3 is 21.4 Å². The van der Waals surface area contributed by atoms with Crippen LogP contribution in [0.5, 0.6) is 0 Å². The molecule has 1 heterocycles. The highest BCUT2D eigenvalue weighted by molar-refractivity contribution is 6.79. The Bertz CT molecular complexity index is 554. The Kier molecular flexibility index (Phi) is 5.46. The fourth-order valence-corrected chi connectivity index (χ4v) is 3.98. The average molecular weight is 322 g/mol. The maximum atomic E-state index is 6.29. The Morgan fingerprint density at radius 1 is 0.833 bits per heavy atom. The Morgan fingerprint density at radius 3 is 2.46 bits per heavy atom. The summed E-state index contributed by atoms with van der Waals surface area (Å²) >= 11 is 0. The molecule has 24 heavy (non-hydrogen) atoms. The summed E-state index contributed by atoms with van der Waals surface area (Å²) in [4.78, 5) is 0. The van der Waals surface area contributed by atoms with Crippen molar-refractivity contribution in [3.05, 3.63) is 47.4 Å². The molecule has 3 aliphatic carbocycles. The van der Waals surface area contributed by atoms with Gasteiger partial charge in [-0.25, -0.2) is 0 Å². The zero-order chi connectivity index (χ0) is 16.2. The SMILES string of the molecule is C1=CCC(B2OB(C3=CCCCC3)OB(C3CC=CCC3)O2)=CC1. The van der Waals surface area contributed by atoms with Gasteiger partial charge in [0, 0.05) is 0 Å². The quantitative estimate of drug-likeness (QED) is 0.566. The largest absolute Gasteiger partial charge is 0.462 e. The Labute approximate surface area is 146 Å². The molecule has 1 fully saturated rings. The zero-order valence-corrected chi connectivity index (χ0v) is 14.4. The normalized spacial score (nSPS) is 28.0. The van der Waals surface area contributed by atoms with Crippen LogP contribution in [0.4, 0.5) is 0 Å². The van der Waals surface area contributed by atoms with Gasteiger partial charge in [-0.05, 0) is 74.5 Å². The van der Waals surface area contributed by atoms with Crippen molar-refractivity contribution < 1.29 is 13.7 Å². The molecule has 0 amide bonds. The van der Waals surface area contributed by atoms with E-state index in [0.29, 0.717) is 5.82 Å². The second-order valence-electron chi connectivity index (χ2n) is 7.20. The van der Waals surface area contributed by atoms with Crippen molar-refractivity contribution in [3.8, 4) is 0 Å². The van der Waals surface area contributed by atoms with Gasteiger partial charge in [0.25, 0.3) is 0 Å². The van der Waals surface area contributed by atoms with Crippen LogP contribution >= 0.6 is 0 Å². The highest BCUT2D eigenvalue weighted by Gasteiger charge is 2.46. The lowest BCUT2D eigenvalue weighted by Gasteiger charge is -2.37. The first-order chi connectivity index (χ1) is 11.9. The smallest absolute Gasteiger partial charge is 0.449 e. The Hall–Kier alpha value is -0.965. The van der Waals surface area contributed by atoms with Crippen LogP contribution in [0, 0.1) is 0 Å². The van der Waals surface area contributed by atoms with Gasteiger partial charge in [-0.1, -0.05) is 36.5 Å². The highest BCUT2D eigenvalue weighted by atomic mass is 16.7. The molecule has 1 unspecified atom stereocenters. The molecule has 0 bridgehead atoms. The monoisotopic (exact) mass is 322 g/mol. The standard InChI is InChI=1S/C18H25B3O3/c1-4-10-16(11-5-1)19-22-20(17-12-6-2-7-13-17)24-21(23-19)18-14-8-3-9-15-18/h1-2,4,6,11,14,17H,3,5,7-10,12-13,15H2. The van der Waals surface area contributed by atoms with E-state index in [1.165, 1.54) is 23.8 Å². The summed E-state index contributed by atoms with van der Waals surface area (Å²) in [6.45, 7) is 0. The van der Waals surface area contributed by atoms with Crippen molar-refractivity contribution >= 4 is 21.4 Å². The van der Waals surface area contributed by atoms with Crippen LogP contribution in [0.1, 0.15) is 57.8 Å². The molecule has 124 valence electrons. The van der Waals surface area contributed by atoms with Crippen molar-refractivity contribution in [2.24, 2.45) is 0 Å². The molecular formula is C18H25B3O3. The van der Waals surface area contributed by atoms with Crippen LogP contribution in [0.25, 0.3) is 0 Å². The molecule has 0 aromatic rings. The highest BCUT2D eigenvalue weighted by Crippen LogP contribution is 2.34. The van der Waals surface area contributed by atoms with Crippen LogP contribution in [0.15, 0.2) is 47.4 Å². The van der Waals surface area contributed by atoms with Crippen molar-refractivity contribution in [2.75, 3.05) is 0 Å². The van der Waals surface area contributed by atoms with Crippen LogP contribution in [0.3, 0.4) is 0 Å². The van der Waals surface area contributed by atoms with E-state index in [4.69, 9.17) is 13.7 Å². The molecule has 0 radical (unpaired) electrons. The predicted octanol–water partition coefficient (Wildman–Crippen LogP) is 4.48. The fourth-order valence-electron chi connectivity index (χ4n) is 3.98. The average Bonchev–Trinajstić information content (AvgIpc) is 2.70. The van der Waals surface area contributed by atoms with E-state index >= 15 is 0 Å². The predicted molar refractivity (Wildman–Crippen MR) is 100 cm³/mol. The second-order valence-corrected chi connectivity index (χ2v) is 7.20. The molecule has 0 aromatic carbocycles. The minimum Gasteiger partial charge on any atom is -0.449 e. The second kappa shape index (κ2) is 7.94. The molecule has 1 atom stereocenters. The number of hydrogen-bond acceptors (Lipinski definition) is 3. The first-order valence-corrected chi connectivity index (χ1v) is 9.54. The third kappa shape index (κ3) is 3.82. The zero-order valence-electron chi connectivity index (χ0n) is 14.4. The van der Waals surface area contributed by atoms with Crippen LogP contribution in [0.2, 0.25) is 5.82 Å². The van der Waals surface area contributed by atoms with Crippen LogP contribution < -0.4 is 0 Å². The Balaban J connectivity index is 1.52. The lowest BCUT2D eigenvalue weighted by molar-refractivity contribution is 0.277. The van der Waals surface area contributed by atoms with Gasteiger partial charge in [0.15, 0.2) is 0 Å². The minimum absolute atomic E-state index is 0.159. The molecule has 6 heteroatoms. The van der Waals surface area contributed by atoms with Gasteiger partial charge in [0.2, 0.25) is 0 Å². The third-order valence-electron chi connectivity index (χ3n) is 5.43.